The molecular weight excluding hydrogens is 630 g/mol. The molecule has 0 aliphatic carbocycles. The van der Waals surface area contributed by atoms with Crippen LogP contribution >= 0.6 is 0 Å². The van der Waals surface area contributed by atoms with E-state index in [1.165, 1.54) is 57.8 Å². The topological polar surface area (TPSA) is 92.3 Å². The monoisotopic (exact) mass is 695 g/mol. The van der Waals surface area contributed by atoms with Gasteiger partial charge >= 0.3 is 12.1 Å². The number of amides is 1. The van der Waals surface area contributed by atoms with Crippen molar-refractivity contribution in [3.8, 4) is 0 Å². The molecule has 8 nitrogen and oxygen atoms in total. The second kappa shape index (κ2) is 22.8. The van der Waals surface area contributed by atoms with Gasteiger partial charge in [-0.25, -0.2) is 9.59 Å². The van der Waals surface area contributed by atoms with E-state index in [-0.39, 0.29) is 31.2 Å². The average Bonchev–Trinajstić information content (AvgIpc) is 3.12. The maximum absolute atomic E-state index is 14.1. The molecule has 1 heterocycles. The Balaban J connectivity index is 1.67. The number of hydrogen-bond acceptors (Lipinski definition) is 7. The van der Waals surface area contributed by atoms with Crippen molar-refractivity contribution in [3.05, 3.63) is 71.8 Å². The number of alkyl carbamates (subject to hydrolysis) is 1. The predicted octanol–water partition coefficient (Wildman–Crippen LogP) is 9.92. The Morgan fingerprint density at radius 1 is 0.820 bits per heavy atom. The average molecular weight is 696 g/mol. The van der Waals surface area contributed by atoms with E-state index in [9.17, 15) is 9.59 Å². The summed E-state index contributed by atoms with van der Waals surface area (Å²) in [6, 6.07) is 18.1. The lowest BCUT2D eigenvalue weighted by Gasteiger charge is -2.44. The van der Waals surface area contributed by atoms with Crippen LogP contribution in [-0.2, 0) is 41.7 Å². The zero-order valence-corrected chi connectivity index (χ0v) is 31.7. The molecule has 3 rings (SSSR count). The smallest absolute Gasteiger partial charge is 0.408 e. The Hall–Kier alpha value is -2.94. The van der Waals surface area contributed by atoms with Crippen molar-refractivity contribution >= 4 is 12.1 Å². The maximum Gasteiger partial charge on any atom is 0.408 e. The normalized spacial score (nSPS) is 19.6. The standard InChI is InChI=1S/C42H65NO7/c1-7-8-9-10-11-12-13-14-15-16-23-28-37(33(3)39-32(2)29-48-42(5,6)50-39)49-40(44)38(34(4)46-30-35-24-19-17-20-25-35)43-41(45)47-31-36-26-21-18-22-27-36/h17-22,24-27,32-34,37-39H,7-16,23,28-31H2,1-6H3,(H,43,45)/t32-,33-,34+,37+,38-,39-/m0/s1. The number of hydrogen-bond donors (Lipinski definition) is 1. The number of ether oxygens (including phenoxy) is 5. The summed E-state index contributed by atoms with van der Waals surface area (Å²) in [6.45, 7) is 13.0. The molecular formula is C42H65NO7. The lowest BCUT2D eigenvalue weighted by Crippen LogP contribution is -2.53. The summed E-state index contributed by atoms with van der Waals surface area (Å²) in [5, 5.41) is 2.77. The second-order valence-electron chi connectivity index (χ2n) is 14.6. The molecule has 0 bridgehead atoms. The van der Waals surface area contributed by atoms with Crippen LogP contribution in [-0.4, -0.2) is 48.8 Å². The summed E-state index contributed by atoms with van der Waals surface area (Å²) in [5.74, 6) is -1.22. The van der Waals surface area contributed by atoms with Gasteiger partial charge in [-0.15, -0.1) is 0 Å². The van der Waals surface area contributed by atoms with Gasteiger partial charge in [-0.1, -0.05) is 146 Å². The highest BCUT2D eigenvalue weighted by molar-refractivity contribution is 5.82. The molecule has 0 unspecified atom stereocenters. The molecule has 0 saturated carbocycles. The van der Waals surface area contributed by atoms with Crippen LogP contribution in [0.25, 0.3) is 0 Å². The van der Waals surface area contributed by atoms with Crippen molar-refractivity contribution in [1.82, 2.24) is 5.32 Å². The number of unbranched alkanes of at least 4 members (excludes halogenated alkanes) is 10. The van der Waals surface area contributed by atoms with E-state index >= 15 is 0 Å². The SMILES string of the molecule is CCCCCCCCCCCCC[C@@H](OC(=O)[C@@H](NC(=O)OCc1ccccc1)[C@@H](C)OCc1ccccc1)[C@H](C)[C@H]1OC(C)(C)OC[C@@H]1C. The highest BCUT2D eigenvalue weighted by Gasteiger charge is 2.42. The molecule has 0 aromatic heterocycles. The minimum Gasteiger partial charge on any atom is -0.460 e. The van der Waals surface area contributed by atoms with Crippen molar-refractivity contribution in [2.24, 2.45) is 11.8 Å². The highest BCUT2D eigenvalue weighted by atomic mass is 16.7. The third kappa shape index (κ3) is 15.5. The first kappa shape index (κ1) is 41.5. The van der Waals surface area contributed by atoms with Crippen molar-refractivity contribution in [3.63, 3.8) is 0 Å². The minimum absolute atomic E-state index is 0.0843. The Morgan fingerprint density at radius 2 is 1.36 bits per heavy atom. The summed E-state index contributed by atoms with van der Waals surface area (Å²) in [6.07, 6.45) is 12.4. The van der Waals surface area contributed by atoms with E-state index in [0.29, 0.717) is 13.0 Å². The van der Waals surface area contributed by atoms with Gasteiger partial charge < -0.3 is 29.0 Å². The van der Waals surface area contributed by atoms with E-state index in [4.69, 9.17) is 23.7 Å². The molecule has 1 fully saturated rings. The third-order valence-corrected chi connectivity index (χ3v) is 9.70. The zero-order valence-electron chi connectivity index (χ0n) is 31.7. The second-order valence-corrected chi connectivity index (χ2v) is 14.6. The molecule has 50 heavy (non-hydrogen) atoms. The Bertz CT molecular complexity index is 1210. The number of esters is 1. The van der Waals surface area contributed by atoms with Crippen LogP contribution in [0.2, 0.25) is 0 Å². The van der Waals surface area contributed by atoms with Gasteiger partial charge in [-0.3, -0.25) is 0 Å². The molecule has 1 amide bonds. The van der Waals surface area contributed by atoms with Crippen LogP contribution in [0.3, 0.4) is 0 Å². The lowest BCUT2D eigenvalue weighted by atomic mass is 9.86. The molecule has 0 radical (unpaired) electrons. The first-order valence-corrected chi connectivity index (χ1v) is 19.2. The third-order valence-electron chi connectivity index (χ3n) is 9.70. The molecule has 2 aromatic carbocycles. The van der Waals surface area contributed by atoms with E-state index in [0.717, 1.165) is 24.0 Å². The fourth-order valence-electron chi connectivity index (χ4n) is 6.56. The van der Waals surface area contributed by atoms with E-state index in [2.05, 4.69) is 26.1 Å². The largest absolute Gasteiger partial charge is 0.460 e. The van der Waals surface area contributed by atoms with Gasteiger partial charge in [0.15, 0.2) is 11.8 Å². The molecule has 1 saturated heterocycles. The predicted molar refractivity (Wildman–Crippen MR) is 198 cm³/mol. The van der Waals surface area contributed by atoms with Gasteiger partial charge in [0.2, 0.25) is 0 Å². The van der Waals surface area contributed by atoms with Crippen LogP contribution < -0.4 is 5.32 Å². The molecule has 1 N–H and O–H groups in total. The van der Waals surface area contributed by atoms with Gasteiger partial charge in [0.05, 0.1) is 25.4 Å². The van der Waals surface area contributed by atoms with Crippen molar-refractivity contribution in [2.45, 2.75) is 162 Å². The number of rotatable bonds is 23. The number of carbonyl (C=O) groups is 2. The van der Waals surface area contributed by atoms with Crippen LogP contribution in [0.1, 0.15) is 130 Å². The van der Waals surface area contributed by atoms with Crippen LogP contribution in [0, 0.1) is 11.8 Å². The Kier molecular flexibility index (Phi) is 18.9. The van der Waals surface area contributed by atoms with Gasteiger partial charge in [-0.2, -0.15) is 0 Å². The number of carbonyl (C=O) groups excluding carboxylic acids is 2. The molecule has 1 aliphatic rings. The summed E-state index contributed by atoms with van der Waals surface area (Å²) < 4.78 is 30.3. The van der Waals surface area contributed by atoms with Crippen molar-refractivity contribution in [1.29, 1.82) is 0 Å². The van der Waals surface area contributed by atoms with Gasteiger partial charge in [0, 0.05) is 11.8 Å². The Labute approximate surface area is 302 Å². The fraction of sp³-hybridized carbons (Fsp3) is 0.667. The van der Waals surface area contributed by atoms with Crippen LogP contribution in [0.15, 0.2) is 60.7 Å². The minimum atomic E-state index is -1.07. The first-order chi connectivity index (χ1) is 24.1. The summed E-state index contributed by atoms with van der Waals surface area (Å²) in [4.78, 5) is 27.1. The van der Waals surface area contributed by atoms with E-state index in [1.54, 1.807) is 6.92 Å². The zero-order chi connectivity index (χ0) is 36.2. The fourth-order valence-corrected chi connectivity index (χ4v) is 6.56. The maximum atomic E-state index is 14.1. The van der Waals surface area contributed by atoms with Gasteiger partial charge in [0.25, 0.3) is 0 Å². The number of benzene rings is 2. The van der Waals surface area contributed by atoms with Crippen molar-refractivity contribution < 1.29 is 33.3 Å². The van der Waals surface area contributed by atoms with Gasteiger partial charge in [0.1, 0.15) is 12.7 Å². The summed E-state index contributed by atoms with van der Waals surface area (Å²) in [7, 11) is 0. The molecule has 8 heteroatoms. The van der Waals surface area contributed by atoms with Crippen molar-refractivity contribution in [2.75, 3.05) is 6.61 Å². The lowest BCUT2D eigenvalue weighted by molar-refractivity contribution is -0.304. The van der Waals surface area contributed by atoms with E-state index < -0.39 is 36.1 Å². The quantitative estimate of drug-likeness (QED) is 0.0914. The molecule has 6 atom stereocenters. The first-order valence-electron chi connectivity index (χ1n) is 19.2. The summed E-state index contributed by atoms with van der Waals surface area (Å²) >= 11 is 0. The molecule has 280 valence electrons. The van der Waals surface area contributed by atoms with Gasteiger partial charge in [-0.05, 0) is 44.7 Å². The van der Waals surface area contributed by atoms with E-state index in [1.807, 2.05) is 74.5 Å². The summed E-state index contributed by atoms with van der Waals surface area (Å²) in [5.41, 5.74) is 1.82. The molecule has 2 aromatic rings. The highest BCUT2D eigenvalue weighted by Crippen LogP contribution is 2.34. The van der Waals surface area contributed by atoms with Crippen LogP contribution in [0.5, 0.6) is 0 Å². The Morgan fingerprint density at radius 3 is 1.94 bits per heavy atom. The van der Waals surface area contributed by atoms with Crippen LogP contribution in [0.4, 0.5) is 4.79 Å². The molecule has 0 spiro atoms. The molecule has 1 aliphatic heterocycles. The number of nitrogens with one attached hydrogen (secondary N) is 1.